The fourth-order valence-corrected chi connectivity index (χ4v) is 10.7. The molecule has 0 spiro atoms. The third-order valence-electron chi connectivity index (χ3n) is 14.1. The molecule has 3 heterocycles. The lowest BCUT2D eigenvalue weighted by Gasteiger charge is -2.19. The van der Waals surface area contributed by atoms with E-state index in [4.69, 9.17) is 19.4 Å². The Morgan fingerprint density at radius 2 is 0.718 bits per heavy atom. The normalized spacial score (nSPS) is 11.7. The molecule has 330 valence electrons. The van der Waals surface area contributed by atoms with Gasteiger partial charge in [0.2, 0.25) is 5.89 Å². The Morgan fingerprint density at radius 3 is 1.28 bits per heavy atom. The van der Waals surface area contributed by atoms with Crippen LogP contribution in [0.3, 0.4) is 0 Å². The number of fused-ring (bicyclic) bond motifs is 7. The van der Waals surface area contributed by atoms with E-state index in [-0.39, 0.29) is 0 Å². The maximum atomic E-state index is 6.14. The van der Waals surface area contributed by atoms with Crippen molar-refractivity contribution in [2.24, 2.45) is 0 Å². The summed E-state index contributed by atoms with van der Waals surface area (Å²) in [6.07, 6.45) is 0. The minimum Gasteiger partial charge on any atom is -0.436 e. The maximum Gasteiger partial charge on any atom is 0.227 e. The third-order valence-corrected chi connectivity index (χ3v) is 14.1. The summed E-state index contributed by atoms with van der Waals surface area (Å²) in [6, 6.07) is 88.5. The van der Waals surface area contributed by atoms with Gasteiger partial charge < -0.3 is 4.42 Å². The molecule has 0 aliphatic rings. The predicted octanol–water partition coefficient (Wildman–Crippen LogP) is 18.1. The highest BCUT2D eigenvalue weighted by atomic mass is 16.3. The van der Waals surface area contributed by atoms with Crippen molar-refractivity contribution in [3.63, 3.8) is 0 Å². The van der Waals surface area contributed by atoms with Crippen molar-refractivity contribution in [1.29, 1.82) is 0 Å². The molecule has 0 atom stereocenters. The van der Waals surface area contributed by atoms with Crippen molar-refractivity contribution < 1.29 is 4.42 Å². The number of oxazole rings is 1. The van der Waals surface area contributed by atoms with Crippen LogP contribution in [-0.2, 0) is 0 Å². The van der Waals surface area contributed by atoms with E-state index in [2.05, 4.69) is 224 Å². The van der Waals surface area contributed by atoms with Gasteiger partial charge >= 0.3 is 0 Å². The van der Waals surface area contributed by atoms with Gasteiger partial charge in [-0.05, 0) is 113 Å². The summed E-state index contributed by atoms with van der Waals surface area (Å²) in [6.45, 7) is 0. The van der Waals surface area contributed by atoms with E-state index in [9.17, 15) is 0 Å². The highest BCUT2D eigenvalue weighted by molar-refractivity contribution is 6.23. The molecule has 0 saturated heterocycles. The Labute approximate surface area is 409 Å². The molecule has 0 N–H and O–H groups in total. The number of hydrogen-bond acceptors (Lipinski definition) is 4. The van der Waals surface area contributed by atoms with Crippen molar-refractivity contribution >= 4 is 65.2 Å². The standard InChI is InChI=1S/C67H41N3O/c1-3-16-43(17-4-1)57-40-60(45-30-34-47(35-31-45)63-51-23-9-11-25-53(51)64(54-26-12-10-24-52(54)63)50-27-15-21-42-20-7-8-22-49(42)50)68-65-55(57)38-39-56-58(44-18-5-2-6-19-44)41-61(69-66(56)65)46-32-36-48(37-33-46)67-70-59-28-13-14-29-62(59)71-67/h1-41H. The van der Waals surface area contributed by atoms with Gasteiger partial charge in [-0.2, -0.15) is 0 Å². The summed E-state index contributed by atoms with van der Waals surface area (Å²) in [5, 5.41) is 9.49. The van der Waals surface area contributed by atoms with E-state index in [1.54, 1.807) is 0 Å². The van der Waals surface area contributed by atoms with Crippen LogP contribution in [0.1, 0.15) is 0 Å². The number of pyridine rings is 2. The summed E-state index contributed by atoms with van der Waals surface area (Å²) in [4.78, 5) is 15.9. The van der Waals surface area contributed by atoms with Crippen LogP contribution in [0.4, 0.5) is 0 Å². The molecular weight excluding hydrogens is 863 g/mol. The second-order valence-corrected chi connectivity index (χ2v) is 18.2. The van der Waals surface area contributed by atoms with Crippen LogP contribution in [0, 0.1) is 0 Å². The van der Waals surface area contributed by atoms with Crippen molar-refractivity contribution in [3.8, 4) is 78.5 Å². The molecule has 0 fully saturated rings. The lowest BCUT2D eigenvalue weighted by molar-refractivity contribution is 0.620. The van der Waals surface area contributed by atoms with Gasteiger partial charge in [-0.3, -0.25) is 0 Å². The molecule has 71 heavy (non-hydrogen) atoms. The number of benzene rings is 11. The average Bonchev–Trinajstić information content (AvgIpc) is 3.89. The van der Waals surface area contributed by atoms with Crippen LogP contribution in [0.2, 0.25) is 0 Å². The molecule has 0 aliphatic carbocycles. The summed E-state index contributed by atoms with van der Waals surface area (Å²) >= 11 is 0. The first-order chi connectivity index (χ1) is 35.2. The van der Waals surface area contributed by atoms with E-state index in [0.29, 0.717) is 5.89 Å². The van der Waals surface area contributed by atoms with Crippen LogP contribution in [-0.4, -0.2) is 15.0 Å². The van der Waals surface area contributed by atoms with Crippen LogP contribution < -0.4 is 0 Å². The van der Waals surface area contributed by atoms with Gasteiger partial charge in [-0.25, -0.2) is 15.0 Å². The lowest BCUT2D eigenvalue weighted by Crippen LogP contribution is -1.96. The molecule has 0 amide bonds. The minimum atomic E-state index is 0.592. The number of para-hydroxylation sites is 2. The van der Waals surface area contributed by atoms with Crippen LogP contribution in [0.25, 0.3) is 144 Å². The molecule has 4 nitrogen and oxygen atoms in total. The van der Waals surface area contributed by atoms with E-state index >= 15 is 0 Å². The Balaban J connectivity index is 0.943. The quantitative estimate of drug-likeness (QED) is 0.118. The Morgan fingerprint density at radius 1 is 0.268 bits per heavy atom. The first-order valence-electron chi connectivity index (χ1n) is 24.1. The maximum absolute atomic E-state index is 6.14. The van der Waals surface area contributed by atoms with Crippen LogP contribution in [0.5, 0.6) is 0 Å². The second kappa shape index (κ2) is 16.6. The molecule has 0 bridgehead atoms. The summed E-state index contributed by atoms with van der Waals surface area (Å²) in [7, 11) is 0. The topological polar surface area (TPSA) is 51.8 Å². The highest BCUT2D eigenvalue weighted by Crippen LogP contribution is 2.46. The number of rotatable bonds is 7. The Kier molecular flexibility index (Phi) is 9.49. The van der Waals surface area contributed by atoms with Crippen molar-refractivity contribution in [3.05, 3.63) is 249 Å². The second-order valence-electron chi connectivity index (χ2n) is 18.2. The SMILES string of the molecule is c1ccc(-c2cc(-c3ccc(-c4nc5ccccc5o4)cc3)nc3c2ccc2c(-c4ccccc4)cc(-c4ccc(-c5c6ccccc6c(-c6cccc7ccccc67)c6ccccc56)cc4)nc23)cc1. The molecule has 0 radical (unpaired) electrons. The number of nitrogens with zero attached hydrogens (tertiary/aromatic N) is 3. The van der Waals surface area contributed by atoms with E-state index < -0.39 is 0 Å². The first-order valence-corrected chi connectivity index (χ1v) is 24.1. The van der Waals surface area contributed by atoms with E-state index in [0.717, 1.165) is 88.8 Å². The van der Waals surface area contributed by atoms with Crippen molar-refractivity contribution in [2.45, 2.75) is 0 Å². The number of aromatic nitrogens is 3. The van der Waals surface area contributed by atoms with E-state index in [1.807, 2.05) is 24.3 Å². The monoisotopic (exact) mass is 903 g/mol. The average molecular weight is 904 g/mol. The molecule has 0 saturated carbocycles. The van der Waals surface area contributed by atoms with Crippen LogP contribution in [0.15, 0.2) is 253 Å². The molecule has 11 aromatic carbocycles. The summed E-state index contributed by atoms with van der Waals surface area (Å²) in [5.74, 6) is 0.592. The van der Waals surface area contributed by atoms with Gasteiger partial charge in [-0.15, -0.1) is 0 Å². The summed E-state index contributed by atoms with van der Waals surface area (Å²) in [5.41, 5.74) is 17.3. The third kappa shape index (κ3) is 6.88. The van der Waals surface area contributed by atoms with Gasteiger partial charge in [0.1, 0.15) is 5.52 Å². The van der Waals surface area contributed by atoms with E-state index in [1.165, 1.54) is 49.0 Å². The molecular formula is C67H41N3O. The highest BCUT2D eigenvalue weighted by Gasteiger charge is 2.21. The zero-order chi connectivity index (χ0) is 46.8. The smallest absolute Gasteiger partial charge is 0.227 e. The molecule has 0 unspecified atom stereocenters. The molecule has 4 heteroatoms. The molecule has 0 aliphatic heterocycles. The van der Waals surface area contributed by atoms with Gasteiger partial charge in [0.15, 0.2) is 5.58 Å². The fourth-order valence-electron chi connectivity index (χ4n) is 10.7. The van der Waals surface area contributed by atoms with Gasteiger partial charge in [0, 0.05) is 27.5 Å². The molecule has 14 rings (SSSR count). The van der Waals surface area contributed by atoms with Crippen molar-refractivity contribution in [1.82, 2.24) is 15.0 Å². The largest absolute Gasteiger partial charge is 0.436 e. The van der Waals surface area contributed by atoms with Gasteiger partial charge in [-0.1, -0.05) is 212 Å². The minimum absolute atomic E-state index is 0.592. The zero-order valence-electron chi connectivity index (χ0n) is 38.4. The Hall–Kier alpha value is -9.51. The van der Waals surface area contributed by atoms with Crippen LogP contribution >= 0.6 is 0 Å². The zero-order valence-corrected chi connectivity index (χ0v) is 38.4. The first kappa shape index (κ1) is 40.5. The molecule has 3 aromatic heterocycles. The lowest BCUT2D eigenvalue weighted by atomic mass is 9.84. The number of hydrogen-bond donors (Lipinski definition) is 0. The van der Waals surface area contributed by atoms with Gasteiger partial charge in [0.05, 0.1) is 22.4 Å². The molecule has 14 aromatic rings. The predicted molar refractivity (Wildman–Crippen MR) is 295 cm³/mol. The van der Waals surface area contributed by atoms with Gasteiger partial charge in [0.25, 0.3) is 0 Å². The fraction of sp³-hybridized carbons (Fsp3) is 0. The summed E-state index contributed by atoms with van der Waals surface area (Å²) < 4.78 is 6.14. The van der Waals surface area contributed by atoms with Crippen molar-refractivity contribution in [2.75, 3.05) is 0 Å². The Bertz CT molecular complexity index is 4270.